The van der Waals surface area contributed by atoms with Gasteiger partial charge in [0.15, 0.2) is 5.13 Å². The van der Waals surface area contributed by atoms with Crippen LogP contribution in [-0.2, 0) is 11.3 Å². The number of aromatic nitrogens is 1. The molecule has 1 N–H and O–H groups in total. The molecule has 37 heavy (non-hydrogen) atoms. The zero-order valence-corrected chi connectivity index (χ0v) is 22.3. The Labute approximate surface area is 230 Å². The SMILES string of the molecule is N#Cc1ccccc1CN1CCC(C(=O)Nc2nc(-c3ccc(Cl)cc3)c(-c3ccc(Cl)cc3)s2)CC1. The molecule has 2 heterocycles. The van der Waals surface area contributed by atoms with Crippen LogP contribution in [0.3, 0.4) is 0 Å². The maximum Gasteiger partial charge on any atom is 0.229 e. The molecule has 0 saturated carbocycles. The number of hydrogen-bond acceptors (Lipinski definition) is 5. The Kier molecular flexibility index (Phi) is 7.87. The van der Waals surface area contributed by atoms with Gasteiger partial charge in [-0.05, 0) is 67.4 Å². The highest BCUT2D eigenvalue weighted by Crippen LogP contribution is 2.40. The second-order valence-electron chi connectivity index (χ2n) is 9.02. The lowest BCUT2D eigenvalue weighted by Crippen LogP contribution is -2.37. The van der Waals surface area contributed by atoms with E-state index in [0.29, 0.717) is 20.7 Å². The number of piperidine rings is 1. The van der Waals surface area contributed by atoms with Crippen molar-refractivity contribution in [3.63, 3.8) is 0 Å². The summed E-state index contributed by atoms with van der Waals surface area (Å²) in [5, 5.41) is 14.3. The van der Waals surface area contributed by atoms with E-state index >= 15 is 0 Å². The summed E-state index contributed by atoms with van der Waals surface area (Å²) in [4.78, 5) is 21.2. The molecule has 4 aromatic rings. The number of carbonyl (C=O) groups is 1. The number of nitrogens with zero attached hydrogens (tertiary/aromatic N) is 3. The zero-order valence-electron chi connectivity index (χ0n) is 20.0. The van der Waals surface area contributed by atoms with Gasteiger partial charge >= 0.3 is 0 Å². The maximum atomic E-state index is 13.2. The first-order valence-corrected chi connectivity index (χ1v) is 13.6. The Morgan fingerprint density at radius 1 is 0.973 bits per heavy atom. The summed E-state index contributed by atoms with van der Waals surface area (Å²) in [6, 6.07) is 25.1. The van der Waals surface area contributed by atoms with Gasteiger partial charge in [0.2, 0.25) is 5.91 Å². The Hall–Kier alpha value is -3.21. The van der Waals surface area contributed by atoms with Gasteiger partial charge in [0, 0.05) is 28.1 Å². The minimum Gasteiger partial charge on any atom is -0.302 e. The van der Waals surface area contributed by atoms with Crippen molar-refractivity contribution in [2.75, 3.05) is 18.4 Å². The molecular weight excluding hydrogens is 523 g/mol. The highest BCUT2D eigenvalue weighted by Gasteiger charge is 2.26. The molecule has 0 bridgehead atoms. The number of benzene rings is 3. The average Bonchev–Trinajstić information content (AvgIpc) is 3.34. The molecule has 0 atom stereocenters. The van der Waals surface area contributed by atoms with E-state index in [1.165, 1.54) is 11.3 Å². The number of anilines is 1. The van der Waals surface area contributed by atoms with Gasteiger partial charge in [0.05, 0.1) is 22.2 Å². The van der Waals surface area contributed by atoms with Crippen LogP contribution >= 0.6 is 34.5 Å². The molecule has 0 radical (unpaired) electrons. The average molecular weight is 548 g/mol. The maximum absolute atomic E-state index is 13.2. The van der Waals surface area contributed by atoms with Crippen LogP contribution < -0.4 is 5.32 Å². The molecule has 1 aliphatic heterocycles. The van der Waals surface area contributed by atoms with E-state index in [9.17, 15) is 10.1 Å². The normalized spacial score (nSPS) is 14.3. The number of likely N-dealkylation sites (tertiary alicyclic amines) is 1. The first-order valence-electron chi connectivity index (χ1n) is 12.0. The molecule has 1 fully saturated rings. The number of carbonyl (C=O) groups excluding carboxylic acids is 1. The van der Waals surface area contributed by atoms with Crippen LogP contribution in [0.2, 0.25) is 10.0 Å². The largest absolute Gasteiger partial charge is 0.302 e. The Morgan fingerprint density at radius 3 is 2.24 bits per heavy atom. The van der Waals surface area contributed by atoms with Crippen LogP contribution in [0, 0.1) is 17.2 Å². The number of rotatable bonds is 6. The van der Waals surface area contributed by atoms with Crippen molar-refractivity contribution in [1.82, 2.24) is 9.88 Å². The zero-order chi connectivity index (χ0) is 25.8. The molecule has 0 aliphatic carbocycles. The fraction of sp³-hybridized carbons (Fsp3) is 0.207. The van der Waals surface area contributed by atoms with Gasteiger partial charge in [-0.15, -0.1) is 0 Å². The molecule has 1 saturated heterocycles. The second kappa shape index (κ2) is 11.5. The van der Waals surface area contributed by atoms with Crippen molar-refractivity contribution in [3.05, 3.63) is 94.0 Å². The monoisotopic (exact) mass is 546 g/mol. The van der Waals surface area contributed by atoms with Gasteiger partial charge in [-0.1, -0.05) is 77.0 Å². The summed E-state index contributed by atoms with van der Waals surface area (Å²) in [5.41, 5.74) is 4.44. The molecule has 3 aromatic carbocycles. The van der Waals surface area contributed by atoms with E-state index in [4.69, 9.17) is 28.2 Å². The lowest BCUT2D eigenvalue weighted by molar-refractivity contribution is -0.121. The number of nitriles is 1. The molecule has 1 aromatic heterocycles. The van der Waals surface area contributed by atoms with E-state index in [1.54, 1.807) is 0 Å². The van der Waals surface area contributed by atoms with Crippen LogP contribution in [0.15, 0.2) is 72.8 Å². The lowest BCUT2D eigenvalue weighted by Gasteiger charge is -2.31. The summed E-state index contributed by atoms with van der Waals surface area (Å²) < 4.78 is 0. The number of nitrogens with one attached hydrogen (secondary N) is 1. The van der Waals surface area contributed by atoms with Crippen LogP contribution in [0.25, 0.3) is 21.7 Å². The number of halogens is 2. The molecule has 0 unspecified atom stereocenters. The van der Waals surface area contributed by atoms with Crippen molar-refractivity contribution in [2.45, 2.75) is 19.4 Å². The highest BCUT2D eigenvalue weighted by molar-refractivity contribution is 7.19. The molecule has 0 spiro atoms. The summed E-state index contributed by atoms with van der Waals surface area (Å²) in [5.74, 6) is -0.0829. The number of thiazole rings is 1. The second-order valence-corrected chi connectivity index (χ2v) is 10.9. The van der Waals surface area contributed by atoms with Gasteiger partial charge in [-0.25, -0.2) is 4.98 Å². The van der Waals surface area contributed by atoms with Crippen molar-refractivity contribution in [3.8, 4) is 27.8 Å². The summed E-state index contributed by atoms with van der Waals surface area (Å²) >= 11 is 13.7. The highest BCUT2D eigenvalue weighted by atomic mass is 35.5. The van der Waals surface area contributed by atoms with E-state index < -0.39 is 0 Å². The van der Waals surface area contributed by atoms with Gasteiger partial charge in [-0.3, -0.25) is 9.69 Å². The van der Waals surface area contributed by atoms with Crippen molar-refractivity contribution in [1.29, 1.82) is 5.26 Å². The smallest absolute Gasteiger partial charge is 0.229 e. The molecule has 1 aliphatic rings. The fourth-order valence-corrected chi connectivity index (χ4v) is 5.79. The minimum absolute atomic E-state index is 0.00358. The Balaban J connectivity index is 1.29. The van der Waals surface area contributed by atoms with Crippen molar-refractivity contribution >= 4 is 45.6 Å². The summed E-state index contributed by atoms with van der Waals surface area (Å²) in [6.45, 7) is 2.34. The first-order chi connectivity index (χ1) is 18.0. The standard InChI is InChI=1S/C29H24Cl2N4OS/c30-24-9-5-19(6-10-24)26-27(20-7-11-25(31)12-8-20)37-29(33-26)34-28(36)21-13-15-35(16-14-21)18-23-4-2-1-3-22(23)17-32/h1-12,21H,13-16,18H2,(H,33,34,36). The fourth-order valence-electron chi connectivity index (χ4n) is 4.54. The third-order valence-electron chi connectivity index (χ3n) is 6.57. The molecule has 186 valence electrons. The van der Waals surface area contributed by atoms with Gasteiger partial charge in [-0.2, -0.15) is 5.26 Å². The first kappa shape index (κ1) is 25.4. The van der Waals surface area contributed by atoms with Crippen LogP contribution in [0.1, 0.15) is 24.0 Å². The van der Waals surface area contributed by atoms with E-state index in [2.05, 4.69) is 16.3 Å². The minimum atomic E-state index is -0.0793. The van der Waals surface area contributed by atoms with Gasteiger partial charge in [0.1, 0.15) is 0 Å². The van der Waals surface area contributed by atoms with Gasteiger partial charge < -0.3 is 5.32 Å². The van der Waals surface area contributed by atoms with Gasteiger partial charge in [0.25, 0.3) is 0 Å². The predicted octanol–water partition coefficient (Wildman–Crippen LogP) is 7.51. The predicted molar refractivity (Wildman–Crippen MR) is 151 cm³/mol. The quantitative estimate of drug-likeness (QED) is 0.271. The van der Waals surface area contributed by atoms with Crippen LogP contribution in [0.4, 0.5) is 5.13 Å². The Bertz CT molecular complexity index is 1370. The number of hydrogen-bond donors (Lipinski definition) is 1. The third-order valence-corrected chi connectivity index (χ3v) is 8.10. The molecule has 8 heteroatoms. The van der Waals surface area contributed by atoms with E-state index in [0.717, 1.165) is 59.7 Å². The Morgan fingerprint density at radius 2 is 1.59 bits per heavy atom. The molecule has 1 amide bonds. The van der Waals surface area contributed by atoms with Crippen LogP contribution in [-0.4, -0.2) is 28.9 Å². The third kappa shape index (κ3) is 6.03. The molecular formula is C29H24Cl2N4OS. The summed E-state index contributed by atoms with van der Waals surface area (Å²) in [7, 11) is 0. The van der Waals surface area contributed by atoms with Crippen molar-refractivity contribution in [2.24, 2.45) is 5.92 Å². The lowest BCUT2D eigenvalue weighted by atomic mass is 9.95. The summed E-state index contributed by atoms with van der Waals surface area (Å²) in [6.07, 6.45) is 1.53. The number of amides is 1. The topological polar surface area (TPSA) is 69.0 Å². The van der Waals surface area contributed by atoms with E-state index in [-0.39, 0.29) is 11.8 Å². The van der Waals surface area contributed by atoms with Crippen molar-refractivity contribution < 1.29 is 4.79 Å². The molecule has 5 rings (SSSR count). The molecule has 5 nitrogen and oxygen atoms in total. The van der Waals surface area contributed by atoms with E-state index in [1.807, 2.05) is 72.8 Å². The van der Waals surface area contributed by atoms with Crippen LogP contribution in [0.5, 0.6) is 0 Å².